The van der Waals surface area contributed by atoms with E-state index in [-0.39, 0.29) is 5.41 Å². The summed E-state index contributed by atoms with van der Waals surface area (Å²) in [4.78, 5) is 0. The lowest BCUT2D eigenvalue weighted by Crippen LogP contribution is -2.11. The van der Waals surface area contributed by atoms with E-state index in [0.717, 1.165) is 13.2 Å². The second-order valence-corrected chi connectivity index (χ2v) is 5.96. The van der Waals surface area contributed by atoms with E-state index in [1.54, 1.807) is 0 Å². The van der Waals surface area contributed by atoms with Crippen molar-refractivity contribution in [2.75, 3.05) is 13.2 Å². The highest BCUT2D eigenvalue weighted by atomic mass is 16.5. The van der Waals surface area contributed by atoms with E-state index in [0.29, 0.717) is 0 Å². The van der Waals surface area contributed by atoms with Gasteiger partial charge in [-0.05, 0) is 42.7 Å². The predicted molar refractivity (Wildman–Crippen MR) is 79.2 cm³/mol. The first kappa shape index (κ1) is 15.2. The van der Waals surface area contributed by atoms with Crippen molar-refractivity contribution >= 4 is 0 Å². The van der Waals surface area contributed by atoms with Crippen LogP contribution < -0.4 is 0 Å². The minimum absolute atomic E-state index is 0.255. The molecule has 1 nitrogen and oxygen atoms in total. The molecule has 1 aromatic carbocycles. The molecule has 0 saturated carbocycles. The quantitative estimate of drug-likeness (QED) is 0.634. The third-order valence-electron chi connectivity index (χ3n) is 3.25. The third kappa shape index (κ3) is 5.68. The van der Waals surface area contributed by atoms with Crippen molar-refractivity contribution in [3.63, 3.8) is 0 Å². The Morgan fingerprint density at radius 1 is 1.06 bits per heavy atom. The lowest BCUT2D eigenvalue weighted by Gasteiger charge is -2.19. The van der Waals surface area contributed by atoms with E-state index >= 15 is 0 Å². The SMILES string of the molecule is CCOCCCCCc1cccc(C(C)(C)C)c1. The molecule has 0 aliphatic rings. The van der Waals surface area contributed by atoms with Gasteiger partial charge in [-0.3, -0.25) is 0 Å². The number of ether oxygens (including phenoxy) is 1. The van der Waals surface area contributed by atoms with Crippen LogP contribution in [0.25, 0.3) is 0 Å². The number of hydrogen-bond acceptors (Lipinski definition) is 1. The minimum Gasteiger partial charge on any atom is -0.382 e. The third-order valence-corrected chi connectivity index (χ3v) is 3.25. The van der Waals surface area contributed by atoms with Crippen LogP contribution in [0.15, 0.2) is 24.3 Å². The van der Waals surface area contributed by atoms with Crippen LogP contribution in [0.3, 0.4) is 0 Å². The molecular formula is C17H28O. The summed E-state index contributed by atoms with van der Waals surface area (Å²) in [5.74, 6) is 0. The van der Waals surface area contributed by atoms with Gasteiger partial charge in [0, 0.05) is 13.2 Å². The zero-order valence-electron chi connectivity index (χ0n) is 12.5. The number of benzene rings is 1. The molecule has 0 aromatic heterocycles. The molecule has 0 spiro atoms. The standard InChI is InChI=1S/C17H28O/c1-5-18-13-8-6-7-10-15-11-9-12-16(14-15)17(2,3)4/h9,11-12,14H,5-8,10,13H2,1-4H3. The maximum atomic E-state index is 5.35. The molecule has 1 heteroatoms. The summed E-state index contributed by atoms with van der Waals surface area (Å²) in [5.41, 5.74) is 3.17. The lowest BCUT2D eigenvalue weighted by molar-refractivity contribution is 0.143. The van der Waals surface area contributed by atoms with Crippen LogP contribution in [0.1, 0.15) is 58.1 Å². The molecular weight excluding hydrogens is 220 g/mol. The highest BCUT2D eigenvalue weighted by molar-refractivity contribution is 5.28. The molecule has 0 fully saturated rings. The molecule has 18 heavy (non-hydrogen) atoms. The second kappa shape index (κ2) is 7.58. The van der Waals surface area contributed by atoms with Gasteiger partial charge in [0.25, 0.3) is 0 Å². The summed E-state index contributed by atoms with van der Waals surface area (Å²) >= 11 is 0. The van der Waals surface area contributed by atoms with Crippen LogP contribution in [-0.4, -0.2) is 13.2 Å². The van der Waals surface area contributed by atoms with Crippen molar-refractivity contribution in [1.29, 1.82) is 0 Å². The van der Waals surface area contributed by atoms with Gasteiger partial charge in [0.2, 0.25) is 0 Å². The van der Waals surface area contributed by atoms with Crippen LogP contribution in [0.5, 0.6) is 0 Å². The van der Waals surface area contributed by atoms with Crippen molar-refractivity contribution in [3.05, 3.63) is 35.4 Å². The van der Waals surface area contributed by atoms with Crippen LogP contribution in [-0.2, 0) is 16.6 Å². The van der Waals surface area contributed by atoms with Gasteiger partial charge in [-0.25, -0.2) is 0 Å². The van der Waals surface area contributed by atoms with Crippen molar-refractivity contribution in [1.82, 2.24) is 0 Å². The average Bonchev–Trinajstić information content (AvgIpc) is 2.33. The Hall–Kier alpha value is -0.820. The fourth-order valence-electron chi connectivity index (χ4n) is 2.05. The van der Waals surface area contributed by atoms with Gasteiger partial charge in [0.1, 0.15) is 0 Å². The summed E-state index contributed by atoms with van der Waals surface area (Å²) in [6, 6.07) is 9.04. The van der Waals surface area contributed by atoms with Crippen LogP contribution in [0.4, 0.5) is 0 Å². The Labute approximate surface area is 113 Å². The molecule has 0 bridgehead atoms. The van der Waals surface area contributed by atoms with Crippen molar-refractivity contribution in [3.8, 4) is 0 Å². The first-order valence-electron chi connectivity index (χ1n) is 7.21. The predicted octanol–water partition coefficient (Wildman–Crippen LogP) is 4.73. The highest BCUT2D eigenvalue weighted by Crippen LogP contribution is 2.23. The Morgan fingerprint density at radius 3 is 2.50 bits per heavy atom. The molecule has 0 unspecified atom stereocenters. The van der Waals surface area contributed by atoms with Gasteiger partial charge in [-0.1, -0.05) is 51.5 Å². The van der Waals surface area contributed by atoms with Gasteiger partial charge in [-0.15, -0.1) is 0 Å². The minimum atomic E-state index is 0.255. The largest absolute Gasteiger partial charge is 0.382 e. The van der Waals surface area contributed by atoms with E-state index in [9.17, 15) is 0 Å². The Balaban J connectivity index is 2.34. The van der Waals surface area contributed by atoms with Gasteiger partial charge < -0.3 is 4.74 Å². The Bertz CT molecular complexity index is 336. The molecule has 0 heterocycles. The fourth-order valence-corrected chi connectivity index (χ4v) is 2.05. The van der Waals surface area contributed by atoms with E-state index in [1.165, 1.54) is 36.8 Å². The molecule has 0 aliphatic heterocycles. The van der Waals surface area contributed by atoms with Gasteiger partial charge in [0.15, 0.2) is 0 Å². The van der Waals surface area contributed by atoms with Crippen LogP contribution in [0.2, 0.25) is 0 Å². The normalized spacial score (nSPS) is 11.8. The second-order valence-electron chi connectivity index (χ2n) is 5.96. The van der Waals surface area contributed by atoms with Crippen LogP contribution >= 0.6 is 0 Å². The van der Waals surface area contributed by atoms with Crippen molar-refractivity contribution in [2.45, 2.75) is 58.8 Å². The van der Waals surface area contributed by atoms with Crippen molar-refractivity contribution in [2.24, 2.45) is 0 Å². The molecule has 0 N–H and O–H groups in total. The summed E-state index contributed by atoms with van der Waals surface area (Å²) in [7, 11) is 0. The van der Waals surface area contributed by atoms with E-state index in [4.69, 9.17) is 4.74 Å². The molecule has 1 aromatic rings. The molecule has 102 valence electrons. The topological polar surface area (TPSA) is 9.23 Å². The highest BCUT2D eigenvalue weighted by Gasteiger charge is 2.13. The monoisotopic (exact) mass is 248 g/mol. The summed E-state index contributed by atoms with van der Waals surface area (Å²) in [6.07, 6.45) is 4.91. The zero-order chi connectivity index (χ0) is 13.4. The molecule has 0 atom stereocenters. The Morgan fingerprint density at radius 2 is 1.83 bits per heavy atom. The number of hydrogen-bond donors (Lipinski definition) is 0. The number of aryl methyl sites for hydroxylation is 1. The maximum absolute atomic E-state index is 5.35. The van der Waals surface area contributed by atoms with E-state index in [1.807, 2.05) is 0 Å². The Kier molecular flexibility index (Phi) is 6.42. The van der Waals surface area contributed by atoms with E-state index in [2.05, 4.69) is 52.0 Å². The number of rotatable bonds is 7. The zero-order valence-corrected chi connectivity index (χ0v) is 12.5. The summed E-state index contributed by atoms with van der Waals surface area (Å²) in [5, 5.41) is 0. The fraction of sp³-hybridized carbons (Fsp3) is 0.647. The van der Waals surface area contributed by atoms with Crippen molar-refractivity contribution < 1.29 is 4.74 Å². The first-order chi connectivity index (χ1) is 8.54. The molecule has 0 saturated heterocycles. The van der Waals surface area contributed by atoms with Gasteiger partial charge >= 0.3 is 0 Å². The summed E-state index contributed by atoms with van der Waals surface area (Å²) in [6.45, 7) is 10.6. The molecule has 0 radical (unpaired) electrons. The van der Waals surface area contributed by atoms with Gasteiger partial charge in [-0.2, -0.15) is 0 Å². The molecule has 0 amide bonds. The van der Waals surface area contributed by atoms with Crippen LogP contribution in [0, 0.1) is 0 Å². The smallest absolute Gasteiger partial charge is 0.0465 e. The average molecular weight is 248 g/mol. The lowest BCUT2D eigenvalue weighted by atomic mass is 9.86. The summed E-state index contributed by atoms with van der Waals surface area (Å²) < 4.78 is 5.35. The first-order valence-corrected chi connectivity index (χ1v) is 7.21. The number of unbranched alkanes of at least 4 members (excludes halogenated alkanes) is 2. The maximum Gasteiger partial charge on any atom is 0.0465 e. The van der Waals surface area contributed by atoms with Gasteiger partial charge in [0.05, 0.1) is 0 Å². The van der Waals surface area contributed by atoms with E-state index < -0.39 is 0 Å². The molecule has 0 aliphatic carbocycles. The molecule has 1 rings (SSSR count).